The molecule has 2 aromatic rings. The molecule has 5 atom stereocenters. The van der Waals surface area contributed by atoms with Crippen molar-refractivity contribution in [2.45, 2.75) is 37.9 Å². The summed E-state index contributed by atoms with van der Waals surface area (Å²) in [7, 11) is 0. The number of hydrogen-bond donors (Lipinski definition) is 1. The SMILES string of the molecule is O=C(COC(=O)[C@H](Cc1ccccc1)N1C(=O)[C@@H]2[C@H]3CC[C@@H](C3)[C@H]2C1=O)Nc1cccc(C(F)(F)F)c1. The molecule has 3 aliphatic rings. The van der Waals surface area contributed by atoms with Crippen LogP contribution in [0.15, 0.2) is 54.6 Å². The Morgan fingerprint density at radius 3 is 2.24 bits per heavy atom. The summed E-state index contributed by atoms with van der Waals surface area (Å²) in [5.41, 5.74) is -0.334. The molecule has 2 aromatic carbocycles. The van der Waals surface area contributed by atoms with Crippen LogP contribution in [0.25, 0.3) is 0 Å². The van der Waals surface area contributed by atoms with E-state index in [4.69, 9.17) is 4.74 Å². The molecular weight excluding hydrogens is 489 g/mol. The first kappa shape index (κ1) is 25.0. The van der Waals surface area contributed by atoms with Crippen molar-refractivity contribution < 1.29 is 37.1 Å². The number of nitrogens with zero attached hydrogens (tertiary/aromatic N) is 1. The van der Waals surface area contributed by atoms with Crippen LogP contribution in [0.1, 0.15) is 30.4 Å². The van der Waals surface area contributed by atoms with E-state index in [1.165, 1.54) is 6.07 Å². The highest BCUT2D eigenvalue weighted by molar-refractivity contribution is 6.08. The first-order valence-corrected chi connectivity index (χ1v) is 12.2. The Balaban J connectivity index is 1.30. The molecule has 3 amide bonds. The van der Waals surface area contributed by atoms with Gasteiger partial charge in [0.25, 0.3) is 5.91 Å². The minimum absolute atomic E-state index is 0.0289. The molecule has 0 aromatic heterocycles. The van der Waals surface area contributed by atoms with Gasteiger partial charge in [0, 0.05) is 12.1 Å². The summed E-state index contributed by atoms with van der Waals surface area (Å²) in [6.07, 6.45) is -1.92. The number of alkyl halides is 3. The van der Waals surface area contributed by atoms with Gasteiger partial charge in [0.05, 0.1) is 17.4 Å². The van der Waals surface area contributed by atoms with Crippen molar-refractivity contribution in [2.24, 2.45) is 23.7 Å². The van der Waals surface area contributed by atoms with Crippen LogP contribution in [0.4, 0.5) is 18.9 Å². The van der Waals surface area contributed by atoms with Gasteiger partial charge in [0.15, 0.2) is 6.61 Å². The summed E-state index contributed by atoms with van der Waals surface area (Å²) < 4.78 is 44.0. The zero-order chi connectivity index (χ0) is 26.3. The molecule has 10 heteroatoms. The number of nitrogens with one attached hydrogen (secondary N) is 1. The van der Waals surface area contributed by atoms with E-state index in [9.17, 15) is 32.3 Å². The Morgan fingerprint density at radius 1 is 0.973 bits per heavy atom. The van der Waals surface area contributed by atoms with E-state index in [0.29, 0.717) is 5.56 Å². The predicted molar refractivity (Wildman–Crippen MR) is 125 cm³/mol. The monoisotopic (exact) mass is 514 g/mol. The van der Waals surface area contributed by atoms with E-state index in [1.807, 2.05) is 0 Å². The van der Waals surface area contributed by atoms with Crippen LogP contribution in [-0.2, 0) is 36.5 Å². The van der Waals surface area contributed by atoms with Crippen molar-refractivity contribution in [1.29, 1.82) is 0 Å². The van der Waals surface area contributed by atoms with Crippen LogP contribution in [-0.4, -0.2) is 41.2 Å². The van der Waals surface area contributed by atoms with E-state index in [0.717, 1.165) is 42.4 Å². The largest absolute Gasteiger partial charge is 0.454 e. The van der Waals surface area contributed by atoms with Gasteiger partial charge in [-0.3, -0.25) is 19.3 Å². The maximum Gasteiger partial charge on any atom is 0.416 e. The second kappa shape index (κ2) is 9.64. The lowest BCUT2D eigenvalue weighted by atomic mass is 9.81. The Kier molecular flexibility index (Phi) is 6.51. The summed E-state index contributed by atoms with van der Waals surface area (Å²) in [5, 5.41) is 2.27. The second-order valence-electron chi connectivity index (χ2n) is 9.87. The number of hydrogen-bond acceptors (Lipinski definition) is 5. The van der Waals surface area contributed by atoms with Crippen molar-refractivity contribution >= 4 is 29.4 Å². The molecule has 1 heterocycles. The molecule has 0 unspecified atom stereocenters. The third kappa shape index (κ3) is 4.84. The molecule has 1 saturated heterocycles. The fraction of sp³-hybridized carbons (Fsp3) is 0.407. The average Bonchev–Trinajstić information content (AvgIpc) is 3.55. The number of carbonyl (C=O) groups excluding carboxylic acids is 4. The predicted octanol–water partition coefficient (Wildman–Crippen LogP) is 3.83. The van der Waals surface area contributed by atoms with Crippen LogP contribution < -0.4 is 5.32 Å². The number of benzene rings is 2. The summed E-state index contributed by atoms with van der Waals surface area (Å²) in [6.45, 7) is -0.783. The van der Waals surface area contributed by atoms with Crippen LogP contribution in [0.3, 0.4) is 0 Å². The summed E-state index contributed by atoms with van der Waals surface area (Å²) in [6, 6.07) is 11.7. The number of rotatable bonds is 7. The molecule has 2 bridgehead atoms. The number of amides is 3. The van der Waals surface area contributed by atoms with Gasteiger partial charge in [-0.25, -0.2) is 4.79 Å². The van der Waals surface area contributed by atoms with Gasteiger partial charge in [0.1, 0.15) is 6.04 Å². The third-order valence-electron chi connectivity index (χ3n) is 7.64. The lowest BCUT2D eigenvalue weighted by Gasteiger charge is -2.26. The number of halogens is 3. The highest BCUT2D eigenvalue weighted by atomic mass is 19.4. The molecule has 2 saturated carbocycles. The van der Waals surface area contributed by atoms with Gasteiger partial charge in [0.2, 0.25) is 11.8 Å². The standard InChI is InChI=1S/C27H25F3N2O5/c28-27(29,30)18-7-4-8-19(13-18)31-21(33)14-37-26(36)20(11-15-5-2-1-3-6-15)32-24(34)22-16-9-10-17(12-16)23(22)25(32)35/h1-8,13,16-17,20,22-23H,9-12,14H2,(H,31,33)/t16-,17-,20-,22+,23+/m0/s1. The number of esters is 1. The maximum absolute atomic E-state index is 13.3. The maximum atomic E-state index is 13.3. The van der Waals surface area contributed by atoms with Crippen LogP contribution in [0.5, 0.6) is 0 Å². The quantitative estimate of drug-likeness (QED) is 0.448. The molecule has 0 spiro atoms. The smallest absolute Gasteiger partial charge is 0.416 e. The number of ether oxygens (including phenoxy) is 1. The van der Waals surface area contributed by atoms with E-state index in [-0.39, 0.29) is 35.8 Å². The van der Waals surface area contributed by atoms with Crippen molar-refractivity contribution in [3.63, 3.8) is 0 Å². The van der Waals surface area contributed by atoms with Gasteiger partial charge in [-0.05, 0) is 54.9 Å². The van der Waals surface area contributed by atoms with E-state index >= 15 is 0 Å². The number of carbonyl (C=O) groups is 4. The minimum Gasteiger partial charge on any atom is -0.454 e. The summed E-state index contributed by atoms with van der Waals surface area (Å²) in [5.74, 6) is -3.05. The normalized spacial score (nSPS) is 25.2. The van der Waals surface area contributed by atoms with Crippen molar-refractivity contribution in [2.75, 3.05) is 11.9 Å². The molecule has 3 fully saturated rings. The molecule has 7 nitrogen and oxygen atoms in total. The molecule has 0 radical (unpaired) electrons. The van der Waals surface area contributed by atoms with E-state index in [2.05, 4.69) is 5.32 Å². The molecule has 2 aliphatic carbocycles. The van der Waals surface area contributed by atoms with Gasteiger partial charge in [-0.2, -0.15) is 13.2 Å². The van der Waals surface area contributed by atoms with Crippen LogP contribution >= 0.6 is 0 Å². The summed E-state index contributed by atoms with van der Waals surface area (Å²) >= 11 is 0. The molecule has 37 heavy (non-hydrogen) atoms. The third-order valence-corrected chi connectivity index (χ3v) is 7.64. The molecule has 1 N–H and O–H groups in total. The average molecular weight is 515 g/mol. The fourth-order valence-corrected chi connectivity index (χ4v) is 6.06. The van der Waals surface area contributed by atoms with Crippen molar-refractivity contribution in [3.05, 3.63) is 65.7 Å². The Morgan fingerprint density at radius 2 is 1.62 bits per heavy atom. The topological polar surface area (TPSA) is 92.8 Å². The Bertz CT molecular complexity index is 1200. The van der Waals surface area contributed by atoms with Gasteiger partial charge in [-0.15, -0.1) is 0 Å². The fourth-order valence-electron chi connectivity index (χ4n) is 6.06. The molecular formula is C27H25F3N2O5. The van der Waals surface area contributed by atoms with E-state index in [1.54, 1.807) is 30.3 Å². The second-order valence-corrected chi connectivity index (χ2v) is 9.87. The van der Waals surface area contributed by atoms with Crippen LogP contribution in [0.2, 0.25) is 0 Å². The molecule has 194 valence electrons. The van der Waals surface area contributed by atoms with Crippen molar-refractivity contribution in [3.8, 4) is 0 Å². The zero-order valence-corrected chi connectivity index (χ0v) is 19.7. The number of fused-ring (bicyclic) bond motifs is 5. The zero-order valence-electron chi connectivity index (χ0n) is 19.7. The Hall–Kier alpha value is -3.69. The van der Waals surface area contributed by atoms with Crippen LogP contribution in [0, 0.1) is 23.7 Å². The van der Waals surface area contributed by atoms with Crippen molar-refractivity contribution in [1.82, 2.24) is 4.90 Å². The highest BCUT2D eigenvalue weighted by Crippen LogP contribution is 2.56. The first-order chi connectivity index (χ1) is 17.6. The number of likely N-dealkylation sites (tertiary alicyclic amines) is 1. The Labute approximate surface area is 211 Å². The lowest BCUT2D eigenvalue weighted by molar-refractivity contribution is -0.160. The minimum atomic E-state index is -4.58. The van der Waals surface area contributed by atoms with Gasteiger partial charge < -0.3 is 10.1 Å². The molecule has 5 rings (SSSR count). The van der Waals surface area contributed by atoms with Gasteiger partial charge in [-0.1, -0.05) is 36.4 Å². The lowest BCUT2D eigenvalue weighted by Crippen LogP contribution is -2.48. The van der Waals surface area contributed by atoms with Gasteiger partial charge >= 0.3 is 12.1 Å². The van der Waals surface area contributed by atoms with E-state index < -0.39 is 48.1 Å². The first-order valence-electron chi connectivity index (χ1n) is 12.2. The number of anilines is 1. The number of imide groups is 1. The highest BCUT2D eigenvalue weighted by Gasteiger charge is 2.62. The summed E-state index contributed by atoms with van der Waals surface area (Å²) in [4.78, 5) is 53.2. The molecule has 1 aliphatic heterocycles.